The summed E-state index contributed by atoms with van der Waals surface area (Å²) < 4.78 is 10.2. The molecule has 6 heteroatoms. The van der Waals surface area contributed by atoms with Crippen LogP contribution in [0.4, 0.5) is 17.3 Å². The van der Waals surface area contributed by atoms with Gasteiger partial charge in [0.05, 0.1) is 7.11 Å². The highest BCUT2D eigenvalue weighted by molar-refractivity contribution is 5.63. The first kappa shape index (κ1) is 14.1. The number of methoxy groups -OCH3 is 2. The van der Waals surface area contributed by atoms with Crippen LogP contribution < -0.4 is 15.8 Å². The summed E-state index contributed by atoms with van der Waals surface area (Å²) in [5, 5.41) is 3.22. The van der Waals surface area contributed by atoms with Crippen LogP contribution in [0.5, 0.6) is 5.75 Å². The molecule has 0 saturated carbocycles. The topological polar surface area (TPSA) is 82.3 Å². The molecule has 0 amide bonds. The van der Waals surface area contributed by atoms with E-state index < -0.39 is 0 Å². The number of aromatic nitrogens is 2. The Hall–Kier alpha value is -2.34. The molecular formula is C14H18N4O2. The maximum absolute atomic E-state index is 5.76. The summed E-state index contributed by atoms with van der Waals surface area (Å²) in [4.78, 5) is 8.44. The maximum Gasteiger partial charge on any atom is 0.158 e. The lowest BCUT2D eigenvalue weighted by Gasteiger charge is -2.11. The minimum absolute atomic E-state index is 0.321. The molecule has 106 valence electrons. The molecule has 0 radical (unpaired) electrons. The number of ether oxygens (including phenoxy) is 2. The van der Waals surface area contributed by atoms with Gasteiger partial charge in [0.25, 0.3) is 0 Å². The summed E-state index contributed by atoms with van der Waals surface area (Å²) >= 11 is 0. The number of hydrogen-bond acceptors (Lipinski definition) is 6. The first-order valence-electron chi connectivity index (χ1n) is 6.16. The molecule has 0 fully saturated rings. The van der Waals surface area contributed by atoms with Crippen LogP contribution in [-0.4, -0.2) is 24.2 Å². The Morgan fingerprint density at radius 3 is 2.65 bits per heavy atom. The van der Waals surface area contributed by atoms with Crippen molar-refractivity contribution in [3.8, 4) is 5.75 Å². The van der Waals surface area contributed by atoms with Crippen molar-refractivity contribution in [3.05, 3.63) is 35.7 Å². The number of nitrogens with zero attached hydrogens (tertiary/aromatic N) is 2. The molecule has 6 nitrogen and oxygen atoms in total. The minimum Gasteiger partial charge on any atom is -0.497 e. The van der Waals surface area contributed by atoms with E-state index in [1.165, 1.54) is 0 Å². The van der Waals surface area contributed by atoms with Gasteiger partial charge in [0.15, 0.2) is 5.82 Å². The van der Waals surface area contributed by atoms with Crippen LogP contribution in [0.1, 0.15) is 11.4 Å². The lowest BCUT2D eigenvalue weighted by molar-refractivity contribution is 0.178. The van der Waals surface area contributed by atoms with Gasteiger partial charge in [-0.1, -0.05) is 0 Å². The highest BCUT2D eigenvalue weighted by atomic mass is 16.5. The van der Waals surface area contributed by atoms with Crippen LogP contribution in [0.15, 0.2) is 24.3 Å². The van der Waals surface area contributed by atoms with Crippen LogP contribution in [0.25, 0.3) is 0 Å². The van der Waals surface area contributed by atoms with E-state index in [1.54, 1.807) is 20.3 Å². The molecule has 0 aliphatic heterocycles. The van der Waals surface area contributed by atoms with Crippen molar-refractivity contribution in [2.75, 3.05) is 25.3 Å². The first-order valence-corrected chi connectivity index (χ1v) is 6.16. The zero-order valence-electron chi connectivity index (χ0n) is 11.8. The lowest BCUT2D eigenvalue weighted by Crippen LogP contribution is -2.05. The fourth-order valence-electron chi connectivity index (χ4n) is 1.82. The SMILES string of the molecule is COCc1nc(N)cc(Nc2ccc(OC)cc2C)n1. The van der Waals surface area contributed by atoms with Crippen molar-refractivity contribution >= 4 is 17.3 Å². The number of nitrogen functional groups attached to an aromatic ring is 1. The van der Waals surface area contributed by atoms with E-state index in [0.717, 1.165) is 17.0 Å². The van der Waals surface area contributed by atoms with Gasteiger partial charge in [-0.05, 0) is 30.7 Å². The van der Waals surface area contributed by atoms with Gasteiger partial charge in [-0.25, -0.2) is 9.97 Å². The Balaban J connectivity index is 2.25. The number of nitrogens with two attached hydrogens (primary N) is 1. The van der Waals surface area contributed by atoms with Crippen LogP contribution >= 0.6 is 0 Å². The summed E-state index contributed by atoms with van der Waals surface area (Å²) in [5.41, 5.74) is 7.75. The van der Waals surface area contributed by atoms with Crippen molar-refractivity contribution in [2.45, 2.75) is 13.5 Å². The molecule has 1 aromatic heterocycles. The Morgan fingerprint density at radius 1 is 1.20 bits per heavy atom. The van der Waals surface area contributed by atoms with E-state index in [4.69, 9.17) is 15.2 Å². The van der Waals surface area contributed by atoms with Gasteiger partial charge in [0.1, 0.15) is 24.0 Å². The van der Waals surface area contributed by atoms with Crippen LogP contribution in [0, 0.1) is 6.92 Å². The van der Waals surface area contributed by atoms with Gasteiger partial charge in [-0.3, -0.25) is 0 Å². The number of aryl methyl sites for hydroxylation is 1. The van der Waals surface area contributed by atoms with E-state index >= 15 is 0 Å². The molecule has 2 rings (SSSR count). The van der Waals surface area contributed by atoms with Crippen molar-refractivity contribution < 1.29 is 9.47 Å². The third-order valence-corrected chi connectivity index (χ3v) is 2.76. The van der Waals surface area contributed by atoms with Crippen molar-refractivity contribution in [2.24, 2.45) is 0 Å². The maximum atomic E-state index is 5.76. The second-order valence-electron chi connectivity index (χ2n) is 4.33. The van der Waals surface area contributed by atoms with E-state index in [-0.39, 0.29) is 0 Å². The van der Waals surface area contributed by atoms with Crippen molar-refractivity contribution in [1.82, 2.24) is 9.97 Å². The van der Waals surface area contributed by atoms with Crippen molar-refractivity contribution in [3.63, 3.8) is 0 Å². The largest absolute Gasteiger partial charge is 0.497 e. The molecular weight excluding hydrogens is 256 g/mol. The molecule has 2 aromatic rings. The summed E-state index contributed by atoms with van der Waals surface area (Å²) in [6.07, 6.45) is 0. The lowest BCUT2D eigenvalue weighted by atomic mass is 10.2. The zero-order chi connectivity index (χ0) is 14.5. The second-order valence-corrected chi connectivity index (χ2v) is 4.33. The Labute approximate surface area is 118 Å². The highest BCUT2D eigenvalue weighted by Gasteiger charge is 2.05. The average molecular weight is 274 g/mol. The predicted molar refractivity (Wildman–Crippen MR) is 78.2 cm³/mol. The van der Waals surface area contributed by atoms with Crippen LogP contribution in [0.2, 0.25) is 0 Å². The fourth-order valence-corrected chi connectivity index (χ4v) is 1.82. The normalized spacial score (nSPS) is 10.3. The van der Waals surface area contributed by atoms with Gasteiger partial charge < -0.3 is 20.5 Å². The molecule has 1 heterocycles. The van der Waals surface area contributed by atoms with Crippen molar-refractivity contribution in [1.29, 1.82) is 0 Å². The van der Waals surface area contributed by atoms with Crippen LogP contribution in [-0.2, 0) is 11.3 Å². The number of hydrogen-bond donors (Lipinski definition) is 2. The minimum atomic E-state index is 0.321. The monoisotopic (exact) mass is 274 g/mol. The molecule has 1 aromatic carbocycles. The highest BCUT2D eigenvalue weighted by Crippen LogP contribution is 2.24. The molecule has 0 aliphatic carbocycles. The molecule has 0 atom stereocenters. The summed E-state index contributed by atoms with van der Waals surface area (Å²) in [5.74, 6) is 2.40. The summed E-state index contributed by atoms with van der Waals surface area (Å²) in [6.45, 7) is 2.31. The number of rotatable bonds is 5. The molecule has 3 N–H and O–H groups in total. The Kier molecular flexibility index (Phi) is 4.37. The molecule has 0 unspecified atom stereocenters. The van der Waals surface area contributed by atoms with Gasteiger partial charge in [-0.2, -0.15) is 0 Å². The smallest absolute Gasteiger partial charge is 0.158 e. The summed E-state index contributed by atoms with van der Waals surface area (Å²) in [6, 6.07) is 7.45. The van der Waals surface area contributed by atoms with E-state index in [0.29, 0.717) is 24.1 Å². The summed E-state index contributed by atoms with van der Waals surface area (Å²) in [7, 11) is 3.23. The van der Waals surface area contributed by atoms with E-state index in [9.17, 15) is 0 Å². The van der Waals surface area contributed by atoms with E-state index in [1.807, 2.05) is 25.1 Å². The average Bonchev–Trinajstić information content (AvgIpc) is 2.41. The Morgan fingerprint density at radius 2 is 2.00 bits per heavy atom. The van der Waals surface area contributed by atoms with Gasteiger partial charge in [0, 0.05) is 18.9 Å². The van der Waals surface area contributed by atoms with Gasteiger partial charge in [-0.15, -0.1) is 0 Å². The molecule has 0 spiro atoms. The van der Waals surface area contributed by atoms with Gasteiger partial charge >= 0.3 is 0 Å². The standard InChI is InChI=1S/C14H18N4O2/c1-9-6-10(20-3)4-5-11(9)16-13-7-12(15)17-14(18-13)8-19-2/h4-7H,8H2,1-3H3,(H3,15,16,17,18). The fraction of sp³-hybridized carbons (Fsp3) is 0.286. The number of nitrogens with one attached hydrogen (secondary N) is 1. The molecule has 0 saturated heterocycles. The zero-order valence-corrected chi connectivity index (χ0v) is 11.8. The second kappa shape index (κ2) is 6.21. The first-order chi connectivity index (χ1) is 9.62. The van der Waals surface area contributed by atoms with Crippen LogP contribution in [0.3, 0.4) is 0 Å². The predicted octanol–water partition coefficient (Wildman–Crippen LogP) is 2.27. The Bertz CT molecular complexity index is 602. The molecule has 0 bridgehead atoms. The number of benzene rings is 1. The number of anilines is 3. The van der Waals surface area contributed by atoms with E-state index in [2.05, 4.69) is 15.3 Å². The molecule has 20 heavy (non-hydrogen) atoms. The third-order valence-electron chi connectivity index (χ3n) is 2.76. The quantitative estimate of drug-likeness (QED) is 0.870. The third kappa shape index (κ3) is 3.36. The van der Waals surface area contributed by atoms with Gasteiger partial charge in [0.2, 0.25) is 0 Å². The molecule has 0 aliphatic rings.